The normalized spacial score (nSPS) is 11.0. The molecule has 3 rings (SSSR count). The molecule has 0 aliphatic carbocycles. The van der Waals surface area contributed by atoms with Gasteiger partial charge < -0.3 is 10.1 Å². The van der Waals surface area contributed by atoms with Gasteiger partial charge in [0.1, 0.15) is 17.1 Å². The van der Waals surface area contributed by atoms with E-state index in [1.54, 1.807) is 6.07 Å². The van der Waals surface area contributed by atoms with Crippen LogP contribution in [0.5, 0.6) is 11.6 Å². The number of pyridine rings is 1. The second-order valence-corrected chi connectivity index (χ2v) is 5.07. The molecule has 3 aromatic rings. The zero-order valence-corrected chi connectivity index (χ0v) is 12.5. The monoisotopic (exact) mass is 301 g/mol. The van der Waals surface area contributed by atoms with Gasteiger partial charge in [-0.15, -0.1) is 0 Å². The van der Waals surface area contributed by atoms with E-state index in [2.05, 4.69) is 17.2 Å². The summed E-state index contributed by atoms with van der Waals surface area (Å²) in [4.78, 5) is 4.55. The van der Waals surface area contributed by atoms with Crippen LogP contribution in [0.4, 0.5) is 0 Å². The first-order valence-electron chi connectivity index (χ1n) is 6.88. The average molecular weight is 302 g/mol. The third-order valence-electron chi connectivity index (χ3n) is 3.15. The maximum atomic E-state index is 6.00. The Balaban J connectivity index is 2.00. The lowest BCUT2D eigenvalue weighted by Gasteiger charge is -2.07. The van der Waals surface area contributed by atoms with Gasteiger partial charge in [0.25, 0.3) is 0 Å². The lowest BCUT2D eigenvalue weighted by atomic mass is 10.3. The van der Waals surface area contributed by atoms with Crippen molar-refractivity contribution in [2.24, 2.45) is 0 Å². The van der Waals surface area contributed by atoms with Crippen LogP contribution in [-0.2, 0) is 6.54 Å². The Hall–Kier alpha value is -2.04. The fraction of sp³-hybridized carbons (Fsp3) is 0.188. The van der Waals surface area contributed by atoms with Crippen molar-refractivity contribution in [3.05, 3.63) is 59.4 Å². The van der Waals surface area contributed by atoms with E-state index in [1.807, 2.05) is 47.0 Å². The van der Waals surface area contributed by atoms with Crippen molar-refractivity contribution in [2.45, 2.75) is 13.5 Å². The van der Waals surface area contributed by atoms with Gasteiger partial charge in [-0.25, -0.2) is 0 Å². The SMILES string of the molecule is CCNCc1c(Oc2cccc(Cl)c2)nc2ccccn12. The number of hydrogen-bond donors (Lipinski definition) is 1. The Morgan fingerprint density at radius 3 is 2.95 bits per heavy atom. The smallest absolute Gasteiger partial charge is 0.242 e. The van der Waals surface area contributed by atoms with Gasteiger partial charge >= 0.3 is 0 Å². The Bertz CT molecular complexity index is 754. The summed E-state index contributed by atoms with van der Waals surface area (Å²) < 4.78 is 7.95. The molecule has 2 heterocycles. The van der Waals surface area contributed by atoms with E-state index in [-0.39, 0.29) is 0 Å². The van der Waals surface area contributed by atoms with Gasteiger partial charge in [0.05, 0.1) is 0 Å². The molecule has 2 aromatic heterocycles. The lowest BCUT2D eigenvalue weighted by molar-refractivity contribution is 0.456. The molecule has 1 N–H and O–H groups in total. The van der Waals surface area contributed by atoms with Crippen LogP contribution < -0.4 is 10.1 Å². The molecule has 0 aliphatic rings. The number of nitrogens with zero attached hydrogens (tertiary/aromatic N) is 2. The molecule has 0 saturated heterocycles. The van der Waals surface area contributed by atoms with Crippen LogP contribution in [0.15, 0.2) is 48.7 Å². The van der Waals surface area contributed by atoms with Gasteiger partial charge in [-0.3, -0.25) is 4.40 Å². The Morgan fingerprint density at radius 2 is 2.14 bits per heavy atom. The molecule has 0 saturated carbocycles. The van der Waals surface area contributed by atoms with E-state index >= 15 is 0 Å². The molecule has 108 valence electrons. The number of fused-ring (bicyclic) bond motifs is 1. The highest BCUT2D eigenvalue weighted by Gasteiger charge is 2.13. The van der Waals surface area contributed by atoms with Crippen LogP contribution >= 0.6 is 11.6 Å². The van der Waals surface area contributed by atoms with Gasteiger partial charge in [0.15, 0.2) is 0 Å². The summed E-state index contributed by atoms with van der Waals surface area (Å²) in [6.07, 6.45) is 1.99. The van der Waals surface area contributed by atoms with E-state index in [0.717, 1.165) is 17.9 Å². The van der Waals surface area contributed by atoms with Crippen LogP contribution in [0, 0.1) is 0 Å². The third-order valence-corrected chi connectivity index (χ3v) is 3.38. The predicted octanol–water partition coefficient (Wildman–Crippen LogP) is 3.89. The number of nitrogens with one attached hydrogen (secondary N) is 1. The second-order valence-electron chi connectivity index (χ2n) is 4.63. The minimum atomic E-state index is 0.601. The number of benzene rings is 1. The van der Waals surface area contributed by atoms with Gasteiger partial charge in [-0.05, 0) is 36.9 Å². The molecule has 4 nitrogen and oxygen atoms in total. The van der Waals surface area contributed by atoms with Crippen molar-refractivity contribution >= 4 is 17.2 Å². The predicted molar refractivity (Wildman–Crippen MR) is 84.1 cm³/mol. The molecule has 0 amide bonds. The van der Waals surface area contributed by atoms with Gasteiger partial charge in [-0.2, -0.15) is 4.98 Å². The molecular weight excluding hydrogens is 286 g/mol. The molecule has 0 atom stereocenters. The molecule has 0 aliphatic heterocycles. The highest BCUT2D eigenvalue weighted by molar-refractivity contribution is 6.30. The molecule has 0 unspecified atom stereocenters. The molecule has 21 heavy (non-hydrogen) atoms. The molecule has 1 aromatic carbocycles. The maximum absolute atomic E-state index is 6.00. The van der Waals surface area contributed by atoms with E-state index in [0.29, 0.717) is 23.2 Å². The van der Waals surface area contributed by atoms with E-state index in [9.17, 15) is 0 Å². The number of aromatic nitrogens is 2. The van der Waals surface area contributed by atoms with Gasteiger partial charge in [-0.1, -0.05) is 30.7 Å². The molecule has 5 heteroatoms. The van der Waals surface area contributed by atoms with Crippen molar-refractivity contribution in [2.75, 3.05) is 6.54 Å². The quantitative estimate of drug-likeness (QED) is 0.777. The highest BCUT2D eigenvalue weighted by atomic mass is 35.5. The Kier molecular flexibility index (Phi) is 4.08. The number of hydrogen-bond acceptors (Lipinski definition) is 3. The average Bonchev–Trinajstić information content (AvgIpc) is 2.82. The van der Waals surface area contributed by atoms with Gasteiger partial charge in [0, 0.05) is 17.8 Å². The first-order chi connectivity index (χ1) is 10.3. The van der Waals surface area contributed by atoms with Crippen molar-refractivity contribution < 1.29 is 4.74 Å². The summed E-state index contributed by atoms with van der Waals surface area (Å²) in [7, 11) is 0. The lowest BCUT2D eigenvalue weighted by Crippen LogP contribution is -2.14. The molecule has 0 spiro atoms. The third kappa shape index (κ3) is 3.01. The minimum Gasteiger partial charge on any atom is -0.437 e. The number of ether oxygens (including phenoxy) is 1. The number of halogens is 1. The minimum absolute atomic E-state index is 0.601. The molecule has 0 bridgehead atoms. The molecule has 0 fully saturated rings. The summed E-state index contributed by atoms with van der Waals surface area (Å²) in [6, 6.07) is 13.2. The molecular formula is C16H16ClN3O. The summed E-state index contributed by atoms with van der Waals surface area (Å²) >= 11 is 6.00. The maximum Gasteiger partial charge on any atom is 0.242 e. The number of rotatable bonds is 5. The van der Waals surface area contributed by atoms with Crippen LogP contribution in [0.1, 0.15) is 12.6 Å². The summed E-state index contributed by atoms with van der Waals surface area (Å²) in [5.74, 6) is 1.29. The van der Waals surface area contributed by atoms with Crippen LogP contribution in [0.25, 0.3) is 5.65 Å². The fourth-order valence-corrected chi connectivity index (χ4v) is 2.33. The van der Waals surface area contributed by atoms with Crippen molar-refractivity contribution in [1.29, 1.82) is 0 Å². The zero-order valence-electron chi connectivity index (χ0n) is 11.7. The Morgan fingerprint density at radius 1 is 1.24 bits per heavy atom. The van der Waals surface area contributed by atoms with Gasteiger partial charge in [0.2, 0.25) is 5.88 Å². The van der Waals surface area contributed by atoms with Crippen molar-refractivity contribution in [1.82, 2.24) is 14.7 Å². The topological polar surface area (TPSA) is 38.6 Å². The van der Waals surface area contributed by atoms with E-state index in [4.69, 9.17) is 16.3 Å². The molecule has 0 radical (unpaired) electrons. The second kappa shape index (κ2) is 6.16. The first kappa shape index (κ1) is 13.9. The highest BCUT2D eigenvalue weighted by Crippen LogP contribution is 2.27. The van der Waals surface area contributed by atoms with Crippen molar-refractivity contribution in [3.8, 4) is 11.6 Å². The summed E-state index contributed by atoms with van der Waals surface area (Å²) in [6.45, 7) is 3.65. The van der Waals surface area contributed by atoms with E-state index in [1.165, 1.54) is 0 Å². The van der Waals surface area contributed by atoms with Crippen LogP contribution in [0.2, 0.25) is 5.02 Å². The summed E-state index contributed by atoms with van der Waals surface area (Å²) in [5, 5.41) is 3.96. The van der Waals surface area contributed by atoms with Crippen molar-refractivity contribution in [3.63, 3.8) is 0 Å². The fourth-order valence-electron chi connectivity index (χ4n) is 2.15. The Labute approximate surface area is 128 Å². The first-order valence-corrected chi connectivity index (χ1v) is 7.26. The number of imidazole rings is 1. The van der Waals surface area contributed by atoms with E-state index < -0.39 is 0 Å². The van der Waals surface area contributed by atoms with Crippen LogP contribution in [0.3, 0.4) is 0 Å². The standard InChI is InChI=1S/C16H16ClN3O/c1-2-18-11-14-16(19-15-8-3-4-9-20(14)15)21-13-7-5-6-12(17)10-13/h3-10,18H,2,11H2,1H3. The summed E-state index contributed by atoms with van der Waals surface area (Å²) in [5.41, 5.74) is 1.86. The van der Waals surface area contributed by atoms with Crippen LogP contribution in [-0.4, -0.2) is 15.9 Å². The zero-order chi connectivity index (χ0) is 14.7. The largest absolute Gasteiger partial charge is 0.437 e.